The Morgan fingerprint density at radius 3 is 2.32 bits per heavy atom. The van der Waals surface area contributed by atoms with E-state index in [2.05, 4.69) is 21.8 Å². The summed E-state index contributed by atoms with van der Waals surface area (Å²) in [5.41, 5.74) is 0.962. The highest BCUT2D eigenvalue weighted by molar-refractivity contribution is 7.88. The fourth-order valence-corrected chi connectivity index (χ4v) is 5.19. The Hall–Kier alpha value is -1.21. The van der Waals surface area contributed by atoms with Crippen LogP contribution in [0.25, 0.3) is 0 Å². The first kappa shape index (κ1) is 15.7. The lowest BCUT2D eigenvalue weighted by atomic mass is 9.86. The van der Waals surface area contributed by atoms with Crippen LogP contribution in [0.1, 0.15) is 38.2 Å². The van der Waals surface area contributed by atoms with Crippen molar-refractivity contribution in [1.29, 1.82) is 0 Å². The van der Waals surface area contributed by atoms with Gasteiger partial charge in [-0.05, 0) is 37.7 Å². The Kier molecular flexibility index (Phi) is 4.11. The third kappa shape index (κ3) is 2.84. The number of hydrogen-bond donors (Lipinski definition) is 0. The van der Waals surface area contributed by atoms with Gasteiger partial charge in [0.05, 0.1) is 6.26 Å². The van der Waals surface area contributed by atoms with Crippen LogP contribution in [-0.2, 0) is 16.4 Å². The molecular formula is C15H24N4O2S. The van der Waals surface area contributed by atoms with Gasteiger partial charge >= 0.3 is 0 Å². The number of rotatable bonds is 3. The van der Waals surface area contributed by atoms with E-state index in [9.17, 15) is 8.42 Å². The second-order valence-electron chi connectivity index (χ2n) is 6.39. The predicted octanol–water partition coefficient (Wildman–Crippen LogP) is 1.43. The normalized spacial score (nSPS) is 22.4. The number of aromatic nitrogens is 2. The fraction of sp³-hybridized carbons (Fsp3) is 0.733. The summed E-state index contributed by atoms with van der Waals surface area (Å²) in [7, 11) is -3.12. The second-order valence-corrected chi connectivity index (χ2v) is 8.30. The molecule has 6 nitrogen and oxygen atoms in total. The minimum atomic E-state index is -3.12. The van der Waals surface area contributed by atoms with Crippen molar-refractivity contribution in [3.63, 3.8) is 0 Å². The lowest BCUT2D eigenvalue weighted by molar-refractivity contribution is 0.193. The van der Waals surface area contributed by atoms with Crippen LogP contribution in [0.15, 0.2) is 12.4 Å². The molecule has 1 spiro atoms. The molecular weight excluding hydrogens is 300 g/mol. The largest absolute Gasteiger partial charge is 0.341 e. The SMILES string of the molecule is CCc1cnc(N2CCC3(CCCN3S(C)(=O)=O)CC2)nc1. The van der Waals surface area contributed by atoms with E-state index in [-0.39, 0.29) is 5.54 Å². The molecule has 0 bridgehead atoms. The van der Waals surface area contributed by atoms with Gasteiger partial charge in [-0.2, -0.15) is 4.31 Å². The smallest absolute Gasteiger partial charge is 0.225 e. The van der Waals surface area contributed by atoms with E-state index in [1.165, 1.54) is 6.26 Å². The monoisotopic (exact) mass is 324 g/mol. The molecule has 0 aliphatic carbocycles. The summed E-state index contributed by atoms with van der Waals surface area (Å²) in [4.78, 5) is 11.0. The van der Waals surface area contributed by atoms with Crippen molar-refractivity contribution in [2.45, 2.75) is 44.6 Å². The molecule has 0 aromatic carbocycles. The second kappa shape index (κ2) is 5.77. The van der Waals surface area contributed by atoms with Crippen molar-refractivity contribution < 1.29 is 8.42 Å². The van der Waals surface area contributed by atoms with E-state index in [4.69, 9.17) is 0 Å². The first-order valence-corrected chi connectivity index (χ1v) is 9.83. The molecule has 2 fully saturated rings. The van der Waals surface area contributed by atoms with Crippen molar-refractivity contribution >= 4 is 16.0 Å². The number of sulfonamides is 1. The van der Waals surface area contributed by atoms with Crippen LogP contribution < -0.4 is 4.90 Å². The molecule has 1 aromatic heterocycles. The molecule has 0 atom stereocenters. The third-order valence-corrected chi connectivity index (χ3v) is 6.38. The van der Waals surface area contributed by atoms with Crippen LogP contribution in [0.5, 0.6) is 0 Å². The summed E-state index contributed by atoms with van der Waals surface area (Å²) in [5, 5.41) is 0. The maximum atomic E-state index is 12.0. The van der Waals surface area contributed by atoms with Crippen molar-refractivity contribution in [3.05, 3.63) is 18.0 Å². The van der Waals surface area contributed by atoms with Gasteiger partial charge in [-0.15, -0.1) is 0 Å². The molecule has 2 aliphatic rings. The zero-order valence-electron chi connectivity index (χ0n) is 13.3. The molecule has 0 N–H and O–H groups in total. The molecule has 0 radical (unpaired) electrons. The van der Waals surface area contributed by atoms with Crippen LogP contribution in [0, 0.1) is 0 Å². The van der Waals surface area contributed by atoms with Gasteiger partial charge in [0.2, 0.25) is 16.0 Å². The van der Waals surface area contributed by atoms with Gasteiger partial charge in [0.1, 0.15) is 0 Å². The van der Waals surface area contributed by atoms with Gasteiger partial charge in [-0.1, -0.05) is 6.92 Å². The number of aryl methyl sites for hydroxylation is 1. The number of hydrogen-bond acceptors (Lipinski definition) is 5. The average molecular weight is 324 g/mol. The van der Waals surface area contributed by atoms with Crippen LogP contribution in [0.2, 0.25) is 0 Å². The highest BCUT2D eigenvalue weighted by Gasteiger charge is 2.47. The fourth-order valence-electron chi connectivity index (χ4n) is 3.75. The lowest BCUT2D eigenvalue weighted by Crippen LogP contribution is -2.54. The summed E-state index contributed by atoms with van der Waals surface area (Å²) in [6.45, 7) is 4.39. The standard InChI is InChI=1S/C15H24N4O2S/c1-3-13-11-16-14(17-12-13)18-9-6-15(7-10-18)5-4-8-19(15)22(2,20)21/h11-12H,3-10H2,1-2H3. The molecule has 0 amide bonds. The number of nitrogens with zero attached hydrogens (tertiary/aromatic N) is 4. The van der Waals surface area contributed by atoms with E-state index in [0.29, 0.717) is 6.54 Å². The van der Waals surface area contributed by atoms with Crippen molar-refractivity contribution in [3.8, 4) is 0 Å². The minimum Gasteiger partial charge on any atom is -0.341 e. The topological polar surface area (TPSA) is 66.4 Å². The Labute approximate surface area is 132 Å². The van der Waals surface area contributed by atoms with Gasteiger partial charge in [0.25, 0.3) is 0 Å². The molecule has 2 aliphatic heterocycles. The van der Waals surface area contributed by atoms with Crippen molar-refractivity contribution in [1.82, 2.24) is 14.3 Å². The van der Waals surface area contributed by atoms with E-state index >= 15 is 0 Å². The summed E-state index contributed by atoms with van der Waals surface area (Å²) < 4.78 is 25.8. The zero-order valence-corrected chi connectivity index (χ0v) is 14.1. The van der Waals surface area contributed by atoms with Gasteiger partial charge in [-0.25, -0.2) is 18.4 Å². The molecule has 3 rings (SSSR count). The van der Waals surface area contributed by atoms with E-state index in [1.54, 1.807) is 4.31 Å². The summed E-state index contributed by atoms with van der Waals surface area (Å²) in [6.07, 6.45) is 9.69. The van der Waals surface area contributed by atoms with Gasteiger partial charge < -0.3 is 4.90 Å². The van der Waals surface area contributed by atoms with Gasteiger partial charge in [0.15, 0.2) is 0 Å². The summed E-state index contributed by atoms with van der Waals surface area (Å²) in [6, 6.07) is 0. The zero-order chi connectivity index (χ0) is 15.8. The maximum Gasteiger partial charge on any atom is 0.225 e. The molecule has 0 saturated carbocycles. The highest BCUT2D eigenvalue weighted by Crippen LogP contribution is 2.40. The maximum absolute atomic E-state index is 12.0. The molecule has 1 aromatic rings. The minimum absolute atomic E-state index is 0.173. The van der Waals surface area contributed by atoms with Crippen molar-refractivity contribution in [2.75, 3.05) is 30.8 Å². The highest BCUT2D eigenvalue weighted by atomic mass is 32.2. The number of piperidine rings is 1. The average Bonchev–Trinajstić information content (AvgIpc) is 2.92. The van der Waals surface area contributed by atoms with Crippen molar-refractivity contribution in [2.24, 2.45) is 0 Å². The van der Waals surface area contributed by atoms with Crippen LogP contribution >= 0.6 is 0 Å². The van der Waals surface area contributed by atoms with Gasteiger partial charge in [-0.3, -0.25) is 0 Å². The molecule has 7 heteroatoms. The first-order chi connectivity index (χ1) is 10.4. The quantitative estimate of drug-likeness (QED) is 0.841. The van der Waals surface area contributed by atoms with Gasteiger partial charge in [0, 0.05) is 37.6 Å². The first-order valence-electron chi connectivity index (χ1n) is 7.98. The molecule has 2 saturated heterocycles. The molecule has 3 heterocycles. The molecule has 22 heavy (non-hydrogen) atoms. The number of anilines is 1. The Bertz CT molecular complexity index is 621. The van der Waals surface area contributed by atoms with Crippen LogP contribution in [-0.4, -0.2) is 54.1 Å². The Morgan fingerprint density at radius 2 is 1.77 bits per heavy atom. The van der Waals surface area contributed by atoms with E-state index in [0.717, 1.165) is 56.7 Å². The Morgan fingerprint density at radius 1 is 1.14 bits per heavy atom. The summed E-state index contributed by atoms with van der Waals surface area (Å²) in [5.74, 6) is 0.760. The molecule has 122 valence electrons. The molecule has 0 unspecified atom stereocenters. The van der Waals surface area contributed by atoms with E-state index in [1.807, 2.05) is 12.4 Å². The Balaban J connectivity index is 1.71. The lowest BCUT2D eigenvalue weighted by Gasteiger charge is -2.43. The summed E-state index contributed by atoms with van der Waals surface area (Å²) >= 11 is 0. The van der Waals surface area contributed by atoms with Crippen LogP contribution in [0.4, 0.5) is 5.95 Å². The van der Waals surface area contributed by atoms with E-state index < -0.39 is 10.0 Å². The van der Waals surface area contributed by atoms with Crippen LogP contribution in [0.3, 0.4) is 0 Å². The third-order valence-electron chi connectivity index (χ3n) is 5.01. The predicted molar refractivity (Wildman–Crippen MR) is 86.4 cm³/mol.